The summed E-state index contributed by atoms with van der Waals surface area (Å²) in [6.45, 7) is 0. The van der Waals surface area contributed by atoms with Crippen LogP contribution >= 0.6 is 0 Å². The molecule has 0 unspecified atom stereocenters. The average molecular weight is 257 g/mol. The van der Waals surface area contributed by atoms with E-state index in [0.29, 0.717) is 6.29 Å². The largest absolute Gasteiger partial charge is 0.299 e. The first-order valence-corrected chi connectivity index (χ1v) is 6.17. The zero-order chi connectivity index (χ0) is 13.1. The zero-order valence-electron chi connectivity index (χ0n) is 9.42. The Balaban J connectivity index is 3.45. The molecular formula is C11H12FNO3S. The number of halogens is 1. The minimum absolute atomic E-state index is 0.166. The Kier molecular flexibility index (Phi) is 4.14. The molecule has 1 rings (SSSR count). The molecule has 1 aromatic carbocycles. The van der Waals surface area contributed by atoms with Gasteiger partial charge in [-0.2, -0.15) is 0 Å². The number of rotatable bonds is 4. The fourth-order valence-electron chi connectivity index (χ4n) is 1.21. The van der Waals surface area contributed by atoms with Crippen molar-refractivity contribution in [3.63, 3.8) is 0 Å². The molecule has 6 heteroatoms. The van der Waals surface area contributed by atoms with Crippen LogP contribution in [0, 0.1) is 5.82 Å². The van der Waals surface area contributed by atoms with Gasteiger partial charge in [0, 0.05) is 14.1 Å². The van der Waals surface area contributed by atoms with Gasteiger partial charge in [0.15, 0.2) is 0 Å². The molecule has 0 aliphatic carbocycles. The standard InChI is InChI=1S/C11H12FNO3S/c1-13(2)17(15,16)11-8-10(12)6-5-9(11)4-3-7-14/h3-8H,1-2H3/b4-3+. The van der Waals surface area contributed by atoms with Gasteiger partial charge in [-0.05, 0) is 23.8 Å². The number of hydrogen-bond donors (Lipinski definition) is 0. The van der Waals surface area contributed by atoms with Gasteiger partial charge >= 0.3 is 0 Å². The van der Waals surface area contributed by atoms with E-state index < -0.39 is 15.8 Å². The Morgan fingerprint density at radius 1 is 1.29 bits per heavy atom. The number of benzene rings is 1. The van der Waals surface area contributed by atoms with Gasteiger partial charge < -0.3 is 0 Å². The Morgan fingerprint density at radius 3 is 2.47 bits per heavy atom. The van der Waals surface area contributed by atoms with Crippen molar-refractivity contribution in [3.8, 4) is 0 Å². The van der Waals surface area contributed by atoms with Crippen LogP contribution in [0.25, 0.3) is 6.08 Å². The minimum Gasteiger partial charge on any atom is -0.299 e. The summed E-state index contributed by atoms with van der Waals surface area (Å²) < 4.78 is 37.9. The molecule has 0 saturated heterocycles. The van der Waals surface area contributed by atoms with E-state index in [1.807, 2.05) is 0 Å². The minimum atomic E-state index is -3.73. The lowest BCUT2D eigenvalue weighted by atomic mass is 10.2. The Hall–Kier alpha value is -1.53. The number of carbonyl (C=O) groups is 1. The van der Waals surface area contributed by atoms with Crippen molar-refractivity contribution in [2.45, 2.75) is 4.90 Å². The first-order chi connectivity index (χ1) is 7.89. The van der Waals surface area contributed by atoms with Crippen LogP contribution in [-0.2, 0) is 14.8 Å². The van der Waals surface area contributed by atoms with Crippen LogP contribution in [0.4, 0.5) is 4.39 Å². The molecule has 0 amide bonds. The second-order valence-corrected chi connectivity index (χ2v) is 5.59. The van der Waals surface area contributed by atoms with Crippen LogP contribution in [0.5, 0.6) is 0 Å². The van der Waals surface area contributed by atoms with E-state index in [2.05, 4.69) is 0 Å². The lowest BCUT2D eigenvalue weighted by Gasteiger charge is -2.13. The Morgan fingerprint density at radius 2 is 1.94 bits per heavy atom. The summed E-state index contributed by atoms with van der Waals surface area (Å²) in [4.78, 5) is 10.1. The van der Waals surface area contributed by atoms with E-state index in [-0.39, 0.29) is 10.5 Å². The van der Waals surface area contributed by atoms with E-state index in [1.54, 1.807) is 0 Å². The lowest BCUT2D eigenvalue weighted by Crippen LogP contribution is -2.23. The van der Waals surface area contributed by atoms with Gasteiger partial charge in [0.25, 0.3) is 0 Å². The summed E-state index contributed by atoms with van der Waals surface area (Å²) in [6.07, 6.45) is 3.00. The van der Waals surface area contributed by atoms with E-state index >= 15 is 0 Å². The third kappa shape index (κ3) is 2.98. The zero-order valence-corrected chi connectivity index (χ0v) is 10.2. The highest BCUT2D eigenvalue weighted by molar-refractivity contribution is 7.89. The molecule has 1 aromatic rings. The van der Waals surface area contributed by atoms with Crippen LogP contribution in [0.2, 0.25) is 0 Å². The SMILES string of the molecule is CN(C)S(=O)(=O)c1cc(F)ccc1/C=C/C=O. The molecule has 0 bridgehead atoms. The van der Waals surface area contributed by atoms with E-state index in [0.717, 1.165) is 22.5 Å². The van der Waals surface area contributed by atoms with Crippen molar-refractivity contribution >= 4 is 22.4 Å². The number of nitrogens with zero attached hydrogens (tertiary/aromatic N) is 1. The normalized spacial score (nSPS) is 12.2. The van der Waals surface area contributed by atoms with Crippen molar-refractivity contribution in [1.82, 2.24) is 4.31 Å². The van der Waals surface area contributed by atoms with Gasteiger partial charge in [0.1, 0.15) is 12.1 Å². The maximum atomic E-state index is 13.1. The van der Waals surface area contributed by atoms with Crippen molar-refractivity contribution in [2.24, 2.45) is 0 Å². The number of sulfonamides is 1. The molecule has 0 aromatic heterocycles. The highest BCUT2D eigenvalue weighted by atomic mass is 32.2. The Bertz CT molecular complexity index is 550. The summed E-state index contributed by atoms with van der Waals surface area (Å²) in [5.41, 5.74) is 0.271. The molecule has 4 nitrogen and oxygen atoms in total. The molecule has 0 atom stereocenters. The predicted molar refractivity (Wildman–Crippen MR) is 62.4 cm³/mol. The molecule has 0 fully saturated rings. The molecule has 0 heterocycles. The van der Waals surface area contributed by atoms with Crippen LogP contribution in [0.15, 0.2) is 29.2 Å². The second kappa shape index (κ2) is 5.20. The quantitative estimate of drug-likeness (QED) is 0.603. The first-order valence-electron chi connectivity index (χ1n) is 4.73. The number of carbonyl (C=O) groups excluding carboxylic acids is 1. The van der Waals surface area contributed by atoms with E-state index in [4.69, 9.17) is 0 Å². The summed E-state index contributed by atoms with van der Waals surface area (Å²) in [5.74, 6) is -0.645. The Labute approximate surface area is 99.4 Å². The second-order valence-electron chi connectivity index (χ2n) is 3.46. The van der Waals surface area contributed by atoms with Crippen LogP contribution in [-0.4, -0.2) is 33.1 Å². The average Bonchev–Trinajstić information content (AvgIpc) is 2.27. The van der Waals surface area contributed by atoms with Crippen molar-refractivity contribution in [3.05, 3.63) is 35.7 Å². The van der Waals surface area contributed by atoms with E-state index in [1.165, 1.54) is 26.2 Å². The maximum absolute atomic E-state index is 13.1. The maximum Gasteiger partial charge on any atom is 0.243 e. The lowest BCUT2D eigenvalue weighted by molar-refractivity contribution is -0.104. The van der Waals surface area contributed by atoms with Crippen LogP contribution < -0.4 is 0 Å². The topological polar surface area (TPSA) is 54.5 Å². The molecule has 0 saturated carbocycles. The summed E-state index contributed by atoms with van der Waals surface area (Å²) >= 11 is 0. The van der Waals surface area contributed by atoms with Gasteiger partial charge in [-0.25, -0.2) is 17.1 Å². The number of aldehydes is 1. The fraction of sp³-hybridized carbons (Fsp3) is 0.182. The summed E-state index contributed by atoms with van der Waals surface area (Å²) in [6, 6.07) is 3.38. The molecule has 0 aliphatic rings. The van der Waals surface area contributed by atoms with Gasteiger partial charge in [-0.3, -0.25) is 4.79 Å². The van der Waals surface area contributed by atoms with Gasteiger partial charge in [-0.15, -0.1) is 0 Å². The molecule has 0 radical (unpaired) electrons. The number of hydrogen-bond acceptors (Lipinski definition) is 3. The van der Waals surface area contributed by atoms with Crippen LogP contribution in [0.1, 0.15) is 5.56 Å². The van der Waals surface area contributed by atoms with Gasteiger partial charge in [0.2, 0.25) is 10.0 Å². The van der Waals surface area contributed by atoms with E-state index in [9.17, 15) is 17.6 Å². The number of allylic oxidation sites excluding steroid dienone is 1. The highest BCUT2D eigenvalue weighted by Crippen LogP contribution is 2.21. The molecule has 0 aliphatic heterocycles. The highest BCUT2D eigenvalue weighted by Gasteiger charge is 2.20. The first kappa shape index (κ1) is 13.5. The third-order valence-corrected chi connectivity index (χ3v) is 3.96. The van der Waals surface area contributed by atoms with Crippen LogP contribution in [0.3, 0.4) is 0 Å². The molecular weight excluding hydrogens is 245 g/mol. The predicted octanol–water partition coefficient (Wildman–Crippen LogP) is 1.29. The fourth-order valence-corrected chi connectivity index (χ4v) is 2.30. The summed E-state index contributed by atoms with van der Waals surface area (Å²) in [7, 11) is -1.03. The molecule has 17 heavy (non-hydrogen) atoms. The van der Waals surface area contributed by atoms with Gasteiger partial charge in [-0.1, -0.05) is 12.1 Å². The summed E-state index contributed by atoms with van der Waals surface area (Å²) in [5, 5.41) is 0. The smallest absolute Gasteiger partial charge is 0.243 e. The molecule has 92 valence electrons. The van der Waals surface area contributed by atoms with Crippen molar-refractivity contribution < 1.29 is 17.6 Å². The van der Waals surface area contributed by atoms with Crippen molar-refractivity contribution in [1.29, 1.82) is 0 Å². The van der Waals surface area contributed by atoms with Crippen molar-refractivity contribution in [2.75, 3.05) is 14.1 Å². The monoisotopic (exact) mass is 257 g/mol. The third-order valence-electron chi connectivity index (χ3n) is 2.09. The molecule has 0 spiro atoms. The molecule has 0 N–H and O–H groups in total. The van der Waals surface area contributed by atoms with Gasteiger partial charge in [0.05, 0.1) is 4.90 Å².